The quantitative estimate of drug-likeness (QED) is 0.606. The molecule has 4 rings (SSSR count). The van der Waals surface area contributed by atoms with Gasteiger partial charge in [0.25, 0.3) is 5.91 Å². The van der Waals surface area contributed by atoms with Crippen molar-refractivity contribution in [2.24, 2.45) is 7.05 Å². The Kier molecular flexibility index (Phi) is 4.16. The summed E-state index contributed by atoms with van der Waals surface area (Å²) in [6.45, 7) is 3.38. The van der Waals surface area contributed by atoms with Crippen LogP contribution in [0.2, 0.25) is 5.02 Å². The zero-order valence-corrected chi connectivity index (χ0v) is 16.1. The second-order valence-corrected chi connectivity index (χ2v) is 7.18. The Balaban J connectivity index is 2.05. The lowest BCUT2D eigenvalue weighted by Gasteiger charge is -2.27. The van der Waals surface area contributed by atoms with E-state index in [0.29, 0.717) is 16.1 Å². The van der Waals surface area contributed by atoms with Crippen LogP contribution in [-0.4, -0.2) is 16.3 Å². The third kappa shape index (κ3) is 2.52. The van der Waals surface area contributed by atoms with Gasteiger partial charge in [-0.25, -0.2) is 0 Å². The van der Waals surface area contributed by atoms with E-state index < -0.39 is 0 Å². The fraction of sp³-hybridized carbons (Fsp3) is 0.182. The highest BCUT2D eigenvalue weighted by atomic mass is 35.5. The lowest BCUT2D eigenvalue weighted by molar-refractivity contribution is 0.0970. The van der Waals surface area contributed by atoms with Crippen LogP contribution in [0.5, 0.6) is 0 Å². The van der Waals surface area contributed by atoms with Crippen LogP contribution in [0.1, 0.15) is 50.6 Å². The highest BCUT2D eigenvalue weighted by molar-refractivity contribution is 6.31. The van der Waals surface area contributed by atoms with Crippen LogP contribution in [0.15, 0.2) is 54.6 Å². The van der Waals surface area contributed by atoms with Crippen LogP contribution in [0, 0.1) is 6.92 Å². The molecule has 0 fully saturated rings. The molecule has 2 heterocycles. The SMILES string of the molecule is CC(=O)c1c2c(n(C)c1C)C(c1ccccc1Cl)N(c1ccccc1)C2=O. The molecule has 27 heavy (non-hydrogen) atoms. The maximum atomic E-state index is 13.5. The minimum Gasteiger partial charge on any atom is -0.348 e. The van der Waals surface area contributed by atoms with Crippen molar-refractivity contribution in [3.63, 3.8) is 0 Å². The van der Waals surface area contributed by atoms with Gasteiger partial charge in [-0.1, -0.05) is 48.0 Å². The zero-order chi connectivity index (χ0) is 19.3. The Morgan fingerprint density at radius 3 is 2.30 bits per heavy atom. The Labute approximate surface area is 163 Å². The zero-order valence-electron chi connectivity index (χ0n) is 15.4. The number of ketones is 1. The summed E-state index contributed by atoms with van der Waals surface area (Å²) < 4.78 is 1.95. The van der Waals surface area contributed by atoms with Gasteiger partial charge in [0.05, 0.1) is 16.8 Å². The predicted molar refractivity (Wildman–Crippen MR) is 107 cm³/mol. The minimum absolute atomic E-state index is 0.106. The normalized spacial score (nSPS) is 15.9. The standard InChI is InChI=1S/C22H19ClN2O2/c1-13-18(14(2)26)19-21(24(13)3)20(16-11-7-8-12-17(16)23)25(22(19)27)15-9-5-4-6-10-15/h4-12,20H,1-3H3. The van der Waals surface area contributed by atoms with Crippen molar-refractivity contribution in [3.05, 3.63) is 87.7 Å². The Bertz CT molecular complexity index is 1070. The van der Waals surface area contributed by atoms with Crippen LogP contribution in [0.4, 0.5) is 5.69 Å². The molecule has 4 nitrogen and oxygen atoms in total. The molecule has 5 heteroatoms. The van der Waals surface area contributed by atoms with Gasteiger partial charge in [0, 0.05) is 23.5 Å². The van der Waals surface area contributed by atoms with E-state index in [1.807, 2.05) is 73.1 Å². The summed E-state index contributed by atoms with van der Waals surface area (Å²) in [5.41, 5.74) is 4.19. The van der Waals surface area contributed by atoms with Crippen molar-refractivity contribution in [2.45, 2.75) is 19.9 Å². The topological polar surface area (TPSA) is 42.3 Å². The van der Waals surface area contributed by atoms with Gasteiger partial charge in [0.1, 0.15) is 6.04 Å². The number of carbonyl (C=O) groups is 2. The van der Waals surface area contributed by atoms with Crippen molar-refractivity contribution in [1.29, 1.82) is 0 Å². The summed E-state index contributed by atoms with van der Waals surface area (Å²) in [4.78, 5) is 27.6. The average molecular weight is 379 g/mol. The fourth-order valence-corrected chi connectivity index (χ4v) is 4.23. The van der Waals surface area contributed by atoms with Crippen molar-refractivity contribution < 1.29 is 9.59 Å². The number of rotatable bonds is 3. The number of hydrogen-bond acceptors (Lipinski definition) is 2. The summed E-state index contributed by atoms with van der Waals surface area (Å²) >= 11 is 6.52. The molecule has 1 aliphatic heterocycles. The molecule has 0 N–H and O–H groups in total. The Morgan fingerprint density at radius 1 is 1.04 bits per heavy atom. The van der Waals surface area contributed by atoms with Crippen LogP contribution < -0.4 is 4.90 Å². The molecule has 0 radical (unpaired) electrons. The number of carbonyl (C=O) groups excluding carboxylic acids is 2. The van der Waals surface area contributed by atoms with Gasteiger partial charge < -0.3 is 4.57 Å². The van der Waals surface area contributed by atoms with Crippen LogP contribution >= 0.6 is 11.6 Å². The first-order valence-corrected chi connectivity index (χ1v) is 9.14. The van der Waals surface area contributed by atoms with E-state index in [-0.39, 0.29) is 17.7 Å². The molecule has 1 atom stereocenters. The number of fused-ring (bicyclic) bond motifs is 1. The third-order valence-electron chi connectivity index (χ3n) is 5.27. The predicted octanol–water partition coefficient (Wildman–Crippen LogP) is 4.94. The molecular formula is C22H19ClN2O2. The van der Waals surface area contributed by atoms with Gasteiger partial charge >= 0.3 is 0 Å². The van der Waals surface area contributed by atoms with E-state index in [9.17, 15) is 9.59 Å². The van der Waals surface area contributed by atoms with E-state index in [1.54, 1.807) is 4.90 Å². The third-order valence-corrected chi connectivity index (χ3v) is 5.61. The summed E-state index contributed by atoms with van der Waals surface area (Å²) in [6.07, 6.45) is 0. The number of anilines is 1. The first kappa shape index (κ1) is 17.6. The molecule has 0 saturated heterocycles. The largest absolute Gasteiger partial charge is 0.348 e. The summed E-state index contributed by atoms with van der Waals surface area (Å²) in [6, 6.07) is 16.6. The van der Waals surface area contributed by atoms with Gasteiger partial charge in [-0.2, -0.15) is 0 Å². The molecule has 1 unspecified atom stereocenters. The smallest absolute Gasteiger partial charge is 0.261 e. The molecule has 0 bridgehead atoms. The van der Waals surface area contributed by atoms with E-state index in [1.165, 1.54) is 6.92 Å². The van der Waals surface area contributed by atoms with Crippen molar-refractivity contribution in [2.75, 3.05) is 4.90 Å². The molecule has 0 aliphatic carbocycles. The minimum atomic E-state index is -0.389. The monoisotopic (exact) mass is 378 g/mol. The molecule has 3 aromatic rings. The first-order valence-electron chi connectivity index (χ1n) is 8.76. The molecule has 136 valence electrons. The number of amides is 1. The first-order chi connectivity index (χ1) is 12.9. The summed E-state index contributed by atoms with van der Waals surface area (Å²) in [7, 11) is 1.90. The van der Waals surface area contributed by atoms with Crippen LogP contribution in [0.3, 0.4) is 0 Å². The van der Waals surface area contributed by atoms with Crippen molar-refractivity contribution in [1.82, 2.24) is 4.57 Å². The number of benzene rings is 2. The van der Waals surface area contributed by atoms with Crippen LogP contribution in [-0.2, 0) is 7.05 Å². The van der Waals surface area contributed by atoms with Crippen LogP contribution in [0.25, 0.3) is 0 Å². The molecule has 1 aromatic heterocycles. The summed E-state index contributed by atoms with van der Waals surface area (Å²) in [5, 5.41) is 0.590. The van der Waals surface area contributed by atoms with E-state index >= 15 is 0 Å². The van der Waals surface area contributed by atoms with Gasteiger partial charge in [-0.3, -0.25) is 14.5 Å². The summed E-state index contributed by atoms with van der Waals surface area (Å²) in [5.74, 6) is -0.277. The number of hydrogen-bond donors (Lipinski definition) is 0. The molecule has 1 aliphatic rings. The number of para-hydroxylation sites is 1. The maximum Gasteiger partial charge on any atom is 0.261 e. The van der Waals surface area contributed by atoms with Gasteiger partial charge in [0.2, 0.25) is 0 Å². The van der Waals surface area contributed by atoms with E-state index in [2.05, 4.69) is 0 Å². The lowest BCUT2D eigenvalue weighted by Crippen LogP contribution is -2.30. The second-order valence-electron chi connectivity index (χ2n) is 6.77. The van der Waals surface area contributed by atoms with Crippen molar-refractivity contribution in [3.8, 4) is 0 Å². The fourth-order valence-electron chi connectivity index (χ4n) is 3.99. The maximum absolute atomic E-state index is 13.5. The molecule has 1 amide bonds. The molecule has 2 aromatic carbocycles. The molecular weight excluding hydrogens is 360 g/mol. The van der Waals surface area contributed by atoms with Gasteiger partial charge in [0.15, 0.2) is 5.78 Å². The highest BCUT2D eigenvalue weighted by Crippen LogP contribution is 2.46. The molecule has 0 spiro atoms. The second kappa shape index (κ2) is 6.39. The van der Waals surface area contributed by atoms with E-state index in [4.69, 9.17) is 11.6 Å². The van der Waals surface area contributed by atoms with Crippen molar-refractivity contribution >= 4 is 29.0 Å². The highest BCUT2D eigenvalue weighted by Gasteiger charge is 2.45. The average Bonchev–Trinajstić information content (AvgIpc) is 3.09. The number of halogens is 1. The van der Waals surface area contributed by atoms with E-state index in [0.717, 1.165) is 22.6 Å². The molecule has 0 saturated carbocycles. The number of aromatic nitrogens is 1. The Morgan fingerprint density at radius 2 is 1.67 bits per heavy atom. The van der Waals surface area contributed by atoms with Gasteiger partial charge in [-0.15, -0.1) is 0 Å². The van der Waals surface area contributed by atoms with Gasteiger partial charge in [-0.05, 0) is 37.6 Å². The number of Topliss-reactive ketones (excluding diaryl/α,β-unsaturated/α-hetero) is 1. The Hall–Kier alpha value is -2.85. The lowest BCUT2D eigenvalue weighted by atomic mass is 10.0. The number of nitrogens with zero attached hydrogens (tertiary/aromatic N) is 2.